The molecular weight excluding hydrogens is 338 g/mol. The number of urea groups is 1. The summed E-state index contributed by atoms with van der Waals surface area (Å²) in [6.45, 7) is 5.67. The second-order valence-electron chi connectivity index (χ2n) is 8.72. The van der Waals surface area contributed by atoms with Crippen LogP contribution in [0.4, 0.5) is 10.5 Å². The van der Waals surface area contributed by atoms with Crippen molar-refractivity contribution in [3.05, 3.63) is 29.3 Å². The van der Waals surface area contributed by atoms with Crippen LogP contribution >= 0.6 is 0 Å². The Morgan fingerprint density at radius 2 is 1.93 bits per heavy atom. The molecule has 3 amide bonds. The Bertz CT molecular complexity index is 726. The van der Waals surface area contributed by atoms with Gasteiger partial charge in [0.1, 0.15) is 0 Å². The highest BCUT2D eigenvalue weighted by Gasteiger charge is 2.42. The molecule has 1 saturated heterocycles. The molecule has 2 bridgehead atoms. The van der Waals surface area contributed by atoms with Gasteiger partial charge in [-0.2, -0.15) is 0 Å². The number of hydrogen-bond acceptors (Lipinski definition) is 2. The Kier molecular flexibility index (Phi) is 5.11. The number of carbonyl (C=O) groups is 2. The topological polar surface area (TPSA) is 61.4 Å². The number of nitrogens with one attached hydrogen (secondary N) is 2. The van der Waals surface area contributed by atoms with Crippen LogP contribution in [0.3, 0.4) is 0 Å². The average molecular weight is 370 g/mol. The summed E-state index contributed by atoms with van der Waals surface area (Å²) in [7, 11) is 0. The number of anilines is 1. The van der Waals surface area contributed by atoms with Crippen molar-refractivity contribution in [2.75, 3.05) is 18.4 Å². The summed E-state index contributed by atoms with van der Waals surface area (Å²) in [5.41, 5.74) is 2.16. The van der Waals surface area contributed by atoms with Gasteiger partial charge in [-0.15, -0.1) is 0 Å². The first-order valence-electron chi connectivity index (χ1n) is 10.5. The maximum atomic E-state index is 12.9. The molecule has 5 heteroatoms. The molecule has 27 heavy (non-hydrogen) atoms. The van der Waals surface area contributed by atoms with Gasteiger partial charge in [0.25, 0.3) is 5.91 Å². The maximum Gasteiger partial charge on any atom is 0.319 e. The lowest BCUT2D eigenvalue weighted by Crippen LogP contribution is -2.42. The predicted octanol–water partition coefficient (Wildman–Crippen LogP) is 4.18. The molecule has 0 unspecified atom stereocenters. The predicted molar refractivity (Wildman–Crippen MR) is 107 cm³/mol. The lowest BCUT2D eigenvalue weighted by atomic mass is 9.84. The molecule has 0 aromatic heterocycles. The van der Waals surface area contributed by atoms with Gasteiger partial charge < -0.3 is 15.5 Å². The lowest BCUT2D eigenvalue weighted by Gasteiger charge is -2.28. The fourth-order valence-corrected chi connectivity index (χ4v) is 5.47. The molecule has 4 rings (SSSR count). The third kappa shape index (κ3) is 3.69. The standard InChI is InChI=1S/C22H31N3O2/c1-14-6-5-7-18(21(26)25-10-3-4-11-25)20(14)24-22(27)23-15(2)19-13-16-8-9-17(19)12-16/h5-7,15-17,19H,3-4,8-13H2,1-2H3,(H2,23,24,27)/t15-,16+,17+,19+/m1/s1. The monoisotopic (exact) mass is 369 g/mol. The zero-order valence-electron chi connectivity index (χ0n) is 16.5. The van der Waals surface area contributed by atoms with Crippen LogP contribution in [0.15, 0.2) is 18.2 Å². The minimum absolute atomic E-state index is 0.0210. The van der Waals surface area contributed by atoms with Gasteiger partial charge >= 0.3 is 6.03 Å². The number of para-hydroxylation sites is 1. The molecule has 3 fully saturated rings. The first kappa shape index (κ1) is 18.3. The van der Waals surface area contributed by atoms with Gasteiger partial charge in [-0.3, -0.25) is 4.79 Å². The van der Waals surface area contributed by atoms with Gasteiger partial charge in [0, 0.05) is 19.1 Å². The molecule has 1 heterocycles. The molecule has 2 N–H and O–H groups in total. The minimum Gasteiger partial charge on any atom is -0.339 e. The van der Waals surface area contributed by atoms with Gasteiger partial charge in [0.2, 0.25) is 0 Å². The third-order valence-corrected chi connectivity index (χ3v) is 6.93. The van der Waals surface area contributed by atoms with E-state index in [1.54, 1.807) is 0 Å². The number of carbonyl (C=O) groups excluding carboxylic acids is 2. The molecule has 0 radical (unpaired) electrons. The van der Waals surface area contributed by atoms with E-state index in [2.05, 4.69) is 17.6 Å². The zero-order valence-corrected chi connectivity index (χ0v) is 16.5. The molecule has 146 valence electrons. The van der Waals surface area contributed by atoms with Gasteiger partial charge in [0.05, 0.1) is 11.3 Å². The Balaban J connectivity index is 1.43. The molecule has 5 nitrogen and oxygen atoms in total. The number of likely N-dealkylation sites (tertiary alicyclic amines) is 1. The molecule has 2 saturated carbocycles. The molecule has 2 aliphatic carbocycles. The van der Waals surface area contributed by atoms with E-state index >= 15 is 0 Å². The number of amides is 3. The second kappa shape index (κ2) is 7.53. The minimum atomic E-state index is -0.199. The van der Waals surface area contributed by atoms with Gasteiger partial charge in [0.15, 0.2) is 0 Å². The van der Waals surface area contributed by atoms with Crippen molar-refractivity contribution in [2.24, 2.45) is 17.8 Å². The molecule has 0 spiro atoms. The highest BCUT2D eigenvalue weighted by atomic mass is 16.2. The smallest absolute Gasteiger partial charge is 0.319 e. The Morgan fingerprint density at radius 3 is 2.59 bits per heavy atom. The number of aryl methyl sites for hydroxylation is 1. The summed E-state index contributed by atoms with van der Waals surface area (Å²) >= 11 is 0. The van der Waals surface area contributed by atoms with Gasteiger partial charge in [-0.25, -0.2) is 4.79 Å². The summed E-state index contributed by atoms with van der Waals surface area (Å²) in [5.74, 6) is 2.26. The van der Waals surface area contributed by atoms with Crippen molar-refractivity contribution in [1.82, 2.24) is 10.2 Å². The largest absolute Gasteiger partial charge is 0.339 e. The highest BCUT2D eigenvalue weighted by Crippen LogP contribution is 2.49. The van der Waals surface area contributed by atoms with E-state index in [-0.39, 0.29) is 18.0 Å². The van der Waals surface area contributed by atoms with Gasteiger partial charge in [-0.05, 0) is 75.3 Å². The molecule has 1 aromatic rings. The summed E-state index contributed by atoms with van der Waals surface area (Å²) in [4.78, 5) is 27.4. The van der Waals surface area contributed by atoms with Crippen LogP contribution in [-0.4, -0.2) is 36.0 Å². The van der Waals surface area contributed by atoms with Crippen LogP contribution in [0.1, 0.15) is 61.4 Å². The van der Waals surface area contributed by atoms with E-state index in [0.29, 0.717) is 17.2 Å². The van der Waals surface area contributed by atoms with Crippen molar-refractivity contribution in [1.29, 1.82) is 0 Å². The van der Waals surface area contributed by atoms with Crippen LogP contribution in [-0.2, 0) is 0 Å². The highest BCUT2D eigenvalue weighted by molar-refractivity contribution is 6.04. The van der Waals surface area contributed by atoms with Crippen LogP contribution < -0.4 is 10.6 Å². The van der Waals surface area contributed by atoms with Crippen LogP contribution in [0, 0.1) is 24.7 Å². The van der Waals surface area contributed by atoms with Crippen LogP contribution in [0.5, 0.6) is 0 Å². The SMILES string of the molecule is Cc1cccc(C(=O)N2CCCC2)c1NC(=O)N[C@H](C)[C@@H]1C[C@H]2CC[C@H]1C2. The van der Waals surface area contributed by atoms with Gasteiger partial charge in [-0.1, -0.05) is 18.6 Å². The van der Waals surface area contributed by atoms with Crippen molar-refractivity contribution in [3.8, 4) is 0 Å². The number of nitrogens with zero attached hydrogens (tertiary/aromatic N) is 1. The third-order valence-electron chi connectivity index (χ3n) is 6.93. The van der Waals surface area contributed by atoms with Crippen LogP contribution in [0.2, 0.25) is 0 Å². The zero-order chi connectivity index (χ0) is 19.0. The van der Waals surface area contributed by atoms with Crippen molar-refractivity contribution in [2.45, 2.75) is 58.4 Å². The quantitative estimate of drug-likeness (QED) is 0.836. The van der Waals surface area contributed by atoms with E-state index in [1.807, 2.05) is 30.0 Å². The molecule has 1 aromatic carbocycles. The van der Waals surface area contributed by atoms with Crippen LogP contribution in [0.25, 0.3) is 0 Å². The van der Waals surface area contributed by atoms with E-state index < -0.39 is 0 Å². The lowest BCUT2D eigenvalue weighted by molar-refractivity contribution is 0.0794. The van der Waals surface area contributed by atoms with Crippen molar-refractivity contribution >= 4 is 17.6 Å². The number of fused-ring (bicyclic) bond motifs is 2. The summed E-state index contributed by atoms with van der Waals surface area (Å²) in [5, 5.41) is 6.13. The van der Waals surface area contributed by atoms with E-state index in [4.69, 9.17) is 0 Å². The van der Waals surface area contributed by atoms with Crippen molar-refractivity contribution < 1.29 is 9.59 Å². The Labute approximate surface area is 161 Å². The summed E-state index contributed by atoms with van der Waals surface area (Å²) in [6, 6.07) is 5.62. The normalized spacial score (nSPS) is 27.6. The fraction of sp³-hybridized carbons (Fsp3) is 0.636. The molecule has 3 aliphatic rings. The van der Waals surface area contributed by atoms with E-state index in [9.17, 15) is 9.59 Å². The number of benzene rings is 1. The molecular formula is C22H31N3O2. The van der Waals surface area contributed by atoms with E-state index in [0.717, 1.165) is 43.3 Å². The second-order valence-corrected chi connectivity index (χ2v) is 8.72. The van der Waals surface area contributed by atoms with Crippen molar-refractivity contribution in [3.63, 3.8) is 0 Å². The molecule has 1 aliphatic heterocycles. The van der Waals surface area contributed by atoms with E-state index in [1.165, 1.54) is 25.7 Å². The number of hydrogen-bond donors (Lipinski definition) is 2. The Hall–Kier alpha value is -2.04. The fourth-order valence-electron chi connectivity index (χ4n) is 5.47. The maximum absolute atomic E-state index is 12.9. The number of rotatable bonds is 4. The summed E-state index contributed by atoms with van der Waals surface area (Å²) in [6.07, 6.45) is 7.38. The first-order chi connectivity index (χ1) is 13.0. The first-order valence-corrected chi connectivity index (χ1v) is 10.5. The Morgan fingerprint density at radius 1 is 1.15 bits per heavy atom. The average Bonchev–Trinajstić information content (AvgIpc) is 3.40. The summed E-state index contributed by atoms with van der Waals surface area (Å²) < 4.78 is 0. The molecule has 4 atom stereocenters.